The van der Waals surface area contributed by atoms with Gasteiger partial charge in [0.05, 0.1) is 25.4 Å². The lowest BCUT2D eigenvalue weighted by Crippen LogP contribution is -2.54. The van der Waals surface area contributed by atoms with Crippen LogP contribution in [0, 0.1) is 5.41 Å². The Morgan fingerprint density at radius 2 is 1.09 bits per heavy atom. The summed E-state index contributed by atoms with van der Waals surface area (Å²) in [5, 5.41) is 0. The number of hydrogen-bond donors (Lipinski definition) is 0. The van der Waals surface area contributed by atoms with E-state index >= 15 is 0 Å². The van der Waals surface area contributed by atoms with Crippen molar-refractivity contribution in [3.05, 3.63) is 71.8 Å². The summed E-state index contributed by atoms with van der Waals surface area (Å²) < 4.78 is 12.3. The van der Waals surface area contributed by atoms with Gasteiger partial charge in [-0.1, -0.05) is 60.7 Å². The molecule has 2 atom stereocenters. The van der Waals surface area contributed by atoms with Crippen LogP contribution in [0.25, 0.3) is 0 Å². The summed E-state index contributed by atoms with van der Waals surface area (Å²) in [4.78, 5) is 35.8. The maximum atomic E-state index is 13.3. The summed E-state index contributed by atoms with van der Waals surface area (Å²) in [5.41, 5.74) is 2.51. The molecule has 0 unspecified atom stereocenters. The Kier molecular flexibility index (Phi) is 12.4. The first kappa shape index (κ1) is 34.1. The van der Waals surface area contributed by atoms with Crippen LogP contribution >= 0.6 is 0 Å². The third kappa shape index (κ3) is 10.1. The lowest BCUT2D eigenvalue weighted by atomic mass is 9.73. The van der Waals surface area contributed by atoms with Crippen LogP contribution in [0.4, 0.5) is 0 Å². The van der Waals surface area contributed by atoms with Crippen molar-refractivity contribution < 1.29 is 19.1 Å². The average Bonchev–Trinajstić information content (AvgIpc) is 3.77. The SMILES string of the molecule is O=C(CCCN1CC[C@@H](OCc2ccccc2)C1)N1CCCC2(CCCN(C(=O)CCCN3CC[C@@H](OCc4ccccc4)C3)C2)C1. The molecule has 8 heteroatoms. The van der Waals surface area contributed by atoms with Gasteiger partial charge in [0.15, 0.2) is 0 Å². The number of hydrogen-bond acceptors (Lipinski definition) is 6. The Bertz CT molecular complexity index is 1160. The van der Waals surface area contributed by atoms with Gasteiger partial charge in [-0.2, -0.15) is 0 Å². The fourth-order valence-electron chi connectivity index (χ4n) is 8.25. The van der Waals surface area contributed by atoms with E-state index in [1.54, 1.807) is 0 Å². The van der Waals surface area contributed by atoms with Gasteiger partial charge in [0.25, 0.3) is 0 Å². The smallest absolute Gasteiger partial charge is 0.222 e. The van der Waals surface area contributed by atoms with Crippen LogP contribution in [0.2, 0.25) is 0 Å². The van der Waals surface area contributed by atoms with Gasteiger partial charge in [-0.05, 0) is 75.6 Å². The third-order valence-corrected chi connectivity index (χ3v) is 10.9. The van der Waals surface area contributed by atoms with E-state index in [4.69, 9.17) is 9.47 Å². The molecule has 1 spiro atoms. The molecule has 4 fully saturated rings. The molecule has 4 aliphatic rings. The van der Waals surface area contributed by atoms with Gasteiger partial charge in [0.2, 0.25) is 11.8 Å². The van der Waals surface area contributed by atoms with Crippen LogP contribution in [0.5, 0.6) is 0 Å². The molecule has 2 aromatic carbocycles. The summed E-state index contributed by atoms with van der Waals surface area (Å²) in [7, 11) is 0. The van der Waals surface area contributed by atoms with Crippen LogP contribution in [0.15, 0.2) is 60.7 Å². The zero-order valence-electron chi connectivity index (χ0n) is 28.4. The number of carbonyl (C=O) groups is 2. The van der Waals surface area contributed by atoms with Crippen LogP contribution < -0.4 is 0 Å². The fraction of sp³-hybridized carbons (Fsp3) is 0.641. The minimum atomic E-state index is 0.0678. The first-order valence-electron chi connectivity index (χ1n) is 18.3. The van der Waals surface area contributed by atoms with Crippen LogP contribution in [-0.4, -0.2) is 109 Å². The minimum absolute atomic E-state index is 0.0678. The molecule has 0 radical (unpaired) electrons. The van der Waals surface area contributed by atoms with Crippen molar-refractivity contribution in [1.29, 1.82) is 0 Å². The van der Waals surface area contributed by atoms with Gasteiger partial charge in [-0.3, -0.25) is 9.59 Å². The highest BCUT2D eigenvalue weighted by atomic mass is 16.5. The largest absolute Gasteiger partial charge is 0.372 e. The maximum absolute atomic E-state index is 13.3. The highest BCUT2D eigenvalue weighted by Crippen LogP contribution is 2.39. The van der Waals surface area contributed by atoms with Gasteiger partial charge < -0.3 is 29.1 Å². The van der Waals surface area contributed by atoms with Crippen LogP contribution in [-0.2, 0) is 32.3 Å². The molecule has 4 heterocycles. The van der Waals surface area contributed by atoms with Crippen molar-refractivity contribution in [3.63, 3.8) is 0 Å². The van der Waals surface area contributed by atoms with Crippen molar-refractivity contribution in [3.8, 4) is 0 Å². The fourth-order valence-corrected chi connectivity index (χ4v) is 8.25. The second-order valence-electron chi connectivity index (χ2n) is 14.6. The van der Waals surface area contributed by atoms with Crippen molar-refractivity contribution in [2.45, 2.75) is 89.6 Å². The van der Waals surface area contributed by atoms with Crippen molar-refractivity contribution in [1.82, 2.24) is 19.6 Å². The predicted molar refractivity (Wildman–Crippen MR) is 185 cm³/mol. The normalized spacial score (nSPS) is 23.5. The quantitative estimate of drug-likeness (QED) is 0.276. The monoisotopic (exact) mass is 644 g/mol. The molecule has 0 aromatic heterocycles. The summed E-state index contributed by atoms with van der Waals surface area (Å²) in [6.07, 6.45) is 10.0. The molecule has 6 rings (SSSR count). The molecule has 8 nitrogen and oxygen atoms in total. The predicted octanol–water partition coefficient (Wildman–Crippen LogP) is 5.36. The van der Waals surface area contributed by atoms with E-state index in [1.165, 1.54) is 11.1 Å². The van der Waals surface area contributed by atoms with E-state index in [0.717, 1.165) is 117 Å². The van der Waals surface area contributed by atoms with Gasteiger partial charge in [0, 0.05) is 70.6 Å². The molecule has 0 bridgehead atoms. The number of rotatable bonds is 14. The standard InChI is InChI=1S/C39H56N4O4/c44-37(15-7-21-40-25-17-35(27-40)46-29-33-11-3-1-4-12-33)42-23-9-19-39(31-42)20-10-24-43(32-39)38(45)16-8-22-41-26-18-36(28-41)47-30-34-13-5-2-6-14-34/h1-6,11-14,35-36H,7-10,15-32H2/t35-,36-,39?/m1/s1. The molecule has 2 aromatic rings. The van der Waals surface area contributed by atoms with E-state index in [0.29, 0.717) is 37.9 Å². The van der Waals surface area contributed by atoms with Crippen LogP contribution in [0.3, 0.4) is 0 Å². The Labute approximate surface area is 282 Å². The van der Waals surface area contributed by atoms with E-state index in [1.807, 2.05) is 12.1 Å². The van der Waals surface area contributed by atoms with Gasteiger partial charge in [-0.25, -0.2) is 0 Å². The molecule has 4 saturated heterocycles. The molecule has 0 N–H and O–H groups in total. The Morgan fingerprint density at radius 1 is 0.638 bits per heavy atom. The Balaban J connectivity index is 0.861. The third-order valence-electron chi connectivity index (χ3n) is 10.9. The maximum Gasteiger partial charge on any atom is 0.222 e. The van der Waals surface area contributed by atoms with Crippen LogP contribution in [0.1, 0.15) is 75.3 Å². The topological polar surface area (TPSA) is 65.6 Å². The molecule has 0 saturated carbocycles. The van der Waals surface area contributed by atoms with Crippen molar-refractivity contribution in [2.75, 3.05) is 65.4 Å². The first-order chi connectivity index (χ1) is 23.0. The molecular formula is C39H56N4O4. The summed E-state index contributed by atoms with van der Waals surface area (Å²) >= 11 is 0. The number of nitrogens with zero attached hydrogens (tertiary/aromatic N) is 4. The van der Waals surface area contributed by atoms with Gasteiger partial charge in [0.1, 0.15) is 0 Å². The second kappa shape index (κ2) is 17.0. The number of piperidine rings is 2. The van der Waals surface area contributed by atoms with Gasteiger partial charge in [-0.15, -0.1) is 0 Å². The highest BCUT2D eigenvalue weighted by molar-refractivity contribution is 5.77. The second-order valence-corrected chi connectivity index (χ2v) is 14.6. The van der Waals surface area contributed by atoms with E-state index in [9.17, 15) is 9.59 Å². The molecule has 256 valence electrons. The number of carbonyl (C=O) groups excluding carboxylic acids is 2. The molecule has 2 amide bonds. The number of likely N-dealkylation sites (tertiary alicyclic amines) is 4. The minimum Gasteiger partial charge on any atom is -0.372 e. The van der Waals surface area contributed by atoms with Gasteiger partial charge >= 0.3 is 0 Å². The van der Waals surface area contributed by atoms with Crippen molar-refractivity contribution in [2.24, 2.45) is 5.41 Å². The van der Waals surface area contributed by atoms with E-state index in [-0.39, 0.29) is 17.6 Å². The van der Waals surface area contributed by atoms with Crippen molar-refractivity contribution >= 4 is 11.8 Å². The lowest BCUT2D eigenvalue weighted by Gasteiger charge is -2.48. The average molecular weight is 645 g/mol. The molecule has 0 aliphatic carbocycles. The Hall–Kier alpha value is -2.78. The van der Waals surface area contributed by atoms with E-state index < -0.39 is 0 Å². The number of amides is 2. The Morgan fingerprint density at radius 3 is 1.53 bits per heavy atom. The zero-order valence-corrected chi connectivity index (χ0v) is 28.4. The molecule has 4 aliphatic heterocycles. The zero-order chi connectivity index (χ0) is 32.3. The number of ether oxygens (including phenoxy) is 2. The summed E-state index contributed by atoms with van der Waals surface area (Å²) in [6, 6.07) is 20.7. The first-order valence-corrected chi connectivity index (χ1v) is 18.3. The number of benzene rings is 2. The summed E-state index contributed by atoms with van der Waals surface area (Å²) in [5.74, 6) is 0.584. The highest BCUT2D eigenvalue weighted by Gasteiger charge is 2.41. The lowest BCUT2D eigenvalue weighted by molar-refractivity contribution is -0.140. The van der Waals surface area contributed by atoms with E-state index in [2.05, 4.69) is 68.1 Å². The molecular weight excluding hydrogens is 588 g/mol. The molecule has 47 heavy (non-hydrogen) atoms. The summed E-state index contributed by atoms with van der Waals surface area (Å²) in [6.45, 7) is 10.6.